The molecule has 2 aliphatic rings. The van der Waals surface area contributed by atoms with Gasteiger partial charge in [0, 0.05) is 40.8 Å². The highest BCUT2D eigenvalue weighted by atomic mass is 32.1. The molecule has 1 aromatic heterocycles. The Labute approximate surface area is 180 Å². The van der Waals surface area contributed by atoms with Crippen LogP contribution in [0.1, 0.15) is 28.1 Å². The molecular formula is C24H24N2O3S. The quantitative estimate of drug-likeness (QED) is 0.664. The van der Waals surface area contributed by atoms with Gasteiger partial charge in [-0.3, -0.25) is 4.79 Å². The van der Waals surface area contributed by atoms with E-state index in [1.165, 1.54) is 5.69 Å². The molecular weight excluding hydrogens is 396 g/mol. The largest absolute Gasteiger partial charge is 0.497 e. The topological polar surface area (TPSA) is 50.8 Å². The fourth-order valence-electron chi connectivity index (χ4n) is 4.14. The van der Waals surface area contributed by atoms with Crippen LogP contribution in [0.15, 0.2) is 54.6 Å². The van der Waals surface area contributed by atoms with Crippen LogP contribution in [0.3, 0.4) is 0 Å². The van der Waals surface area contributed by atoms with Gasteiger partial charge in [-0.05, 0) is 55.3 Å². The highest BCUT2D eigenvalue weighted by molar-refractivity contribution is 7.17. The first-order valence-corrected chi connectivity index (χ1v) is 11.1. The average molecular weight is 421 g/mol. The van der Waals surface area contributed by atoms with Crippen molar-refractivity contribution in [2.45, 2.75) is 25.5 Å². The van der Waals surface area contributed by atoms with Gasteiger partial charge in [0.25, 0.3) is 5.91 Å². The van der Waals surface area contributed by atoms with Crippen LogP contribution in [0.25, 0.3) is 10.4 Å². The van der Waals surface area contributed by atoms with Crippen molar-refractivity contribution in [3.05, 3.63) is 65.0 Å². The smallest absolute Gasteiger partial charge is 0.261 e. The number of para-hydroxylation sites is 1. The highest BCUT2D eigenvalue weighted by Crippen LogP contribution is 2.42. The Kier molecular flexibility index (Phi) is 5.09. The van der Waals surface area contributed by atoms with Gasteiger partial charge in [0.05, 0.1) is 12.0 Å². The second-order valence-electron chi connectivity index (χ2n) is 7.68. The zero-order valence-electron chi connectivity index (χ0n) is 16.9. The van der Waals surface area contributed by atoms with Crippen molar-refractivity contribution >= 4 is 22.9 Å². The predicted molar refractivity (Wildman–Crippen MR) is 120 cm³/mol. The minimum absolute atomic E-state index is 0.0229. The second kappa shape index (κ2) is 8.03. The number of nitrogens with zero attached hydrogens (tertiary/aromatic N) is 1. The van der Waals surface area contributed by atoms with E-state index in [4.69, 9.17) is 9.47 Å². The molecule has 1 N–H and O–H groups in total. The van der Waals surface area contributed by atoms with Crippen LogP contribution in [0.2, 0.25) is 0 Å². The summed E-state index contributed by atoms with van der Waals surface area (Å²) in [6.07, 6.45) is 1.88. The molecule has 1 fully saturated rings. The predicted octanol–water partition coefficient (Wildman–Crippen LogP) is 4.71. The van der Waals surface area contributed by atoms with Gasteiger partial charge in [-0.2, -0.15) is 0 Å². The third-order valence-electron chi connectivity index (χ3n) is 5.82. The number of ether oxygens (including phenoxy) is 2. The molecule has 5 nitrogen and oxygen atoms in total. The van der Waals surface area contributed by atoms with E-state index < -0.39 is 0 Å². The summed E-state index contributed by atoms with van der Waals surface area (Å²) < 4.78 is 11.1. The first-order chi connectivity index (χ1) is 14.7. The molecule has 30 heavy (non-hydrogen) atoms. The van der Waals surface area contributed by atoms with E-state index in [-0.39, 0.29) is 11.9 Å². The maximum Gasteiger partial charge on any atom is 0.261 e. The lowest BCUT2D eigenvalue weighted by Gasteiger charge is -2.34. The molecule has 0 spiro atoms. The molecule has 2 aromatic carbocycles. The Morgan fingerprint density at radius 3 is 2.67 bits per heavy atom. The molecule has 0 atom stereocenters. The fourth-order valence-corrected chi connectivity index (χ4v) is 5.24. The number of carbonyl (C=O) groups is 1. The molecule has 2 aliphatic heterocycles. The van der Waals surface area contributed by atoms with Crippen LogP contribution in [-0.4, -0.2) is 32.1 Å². The molecule has 3 heterocycles. The number of piperidine rings is 1. The summed E-state index contributed by atoms with van der Waals surface area (Å²) in [7, 11) is 1.68. The van der Waals surface area contributed by atoms with E-state index >= 15 is 0 Å². The van der Waals surface area contributed by atoms with Crippen LogP contribution in [-0.2, 0) is 6.61 Å². The van der Waals surface area contributed by atoms with Crippen LogP contribution in [0.5, 0.6) is 11.5 Å². The average Bonchev–Trinajstić information content (AvgIpc) is 3.25. The first kappa shape index (κ1) is 19.0. The molecule has 1 amide bonds. The summed E-state index contributed by atoms with van der Waals surface area (Å²) in [6.45, 7) is 2.38. The van der Waals surface area contributed by atoms with Crippen LogP contribution >= 0.6 is 11.3 Å². The van der Waals surface area contributed by atoms with Crippen molar-refractivity contribution in [2.24, 2.45) is 0 Å². The number of fused-ring (bicyclic) bond motifs is 3. The van der Waals surface area contributed by atoms with E-state index in [9.17, 15) is 4.79 Å². The van der Waals surface area contributed by atoms with Gasteiger partial charge in [0.15, 0.2) is 0 Å². The summed E-state index contributed by atoms with van der Waals surface area (Å²) in [6, 6.07) is 18.4. The normalized spacial score (nSPS) is 15.7. The minimum atomic E-state index is 0.0229. The maximum absolute atomic E-state index is 12.9. The maximum atomic E-state index is 12.9. The number of nitrogens with one attached hydrogen (secondary N) is 1. The highest BCUT2D eigenvalue weighted by Gasteiger charge is 2.25. The Balaban J connectivity index is 1.22. The van der Waals surface area contributed by atoms with E-state index in [0.717, 1.165) is 58.3 Å². The summed E-state index contributed by atoms with van der Waals surface area (Å²) in [4.78, 5) is 17.2. The molecule has 6 heteroatoms. The number of carbonyl (C=O) groups excluding carboxylic acids is 1. The molecule has 0 aliphatic carbocycles. The van der Waals surface area contributed by atoms with Crippen molar-refractivity contribution in [3.63, 3.8) is 0 Å². The SMILES string of the molecule is COc1ccc(N2CCC(NC(=O)c3cc4c(s3)-c3ccccc3OC4)CC2)cc1. The van der Waals surface area contributed by atoms with Crippen molar-refractivity contribution in [1.82, 2.24) is 5.32 Å². The lowest BCUT2D eigenvalue weighted by molar-refractivity contribution is 0.0935. The van der Waals surface area contributed by atoms with Gasteiger partial charge < -0.3 is 19.7 Å². The molecule has 0 unspecified atom stereocenters. The summed E-state index contributed by atoms with van der Waals surface area (Å²) in [5.41, 5.74) is 3.37. The van der Waals surface area contributed by atoms with Crippen molar-refractivity contribution in [3.8, 4) is 21.9 Å². The molecule has 3 aromatic rings. The van der Waals surface area contributed by atoms with Crippen LogP contribution in [0, 0.1) is 0 Å². The second-order valence-corrected chi connectivity index (χ2v) is 8.73. The van der Waals surface area contributed by atoms with Gasteiger partial charge in [-0.25, -0.2) is 0 Å². The zero-order chi connectivity index (χ0) is 20.5. The van der Waals surface area contributed by atoms with Crippen LogP contribution < -0.4 is 19.7 Å². The Hall–Kier alpha value is -2.99. The Morgan fingerprint density at radius 1 is 1.13 bits per heavy atom. The third kappa shape index (κ3) is 3.63. The van der Waals surface area contributed by atoms with Crippen molar-refractivity contribution in [1.29, 1.82) is 0 Å². The number of thiophene rings is 1. The number of rotatable bonds is 4. The van der Waals surface area contributed by atoms with Crippen LogP contribution in [0.4, 0.5) is 5.69 Å². The van der Waals surface area contributed by atoms with Gasteiger partial charge in [-0.1, -0.05) is 12.1 Å². The Morgan fingerprint density at radius 2 is 1.90 bits per heavy atom. The molecule has 5 rings (SSSR count). The monoisotopic (exact) mass is 420 g/mol. The Bertz CT molecular complexity index is 1050. The first-order valence-electron chi connectivity index (χ1n) is 10.3. The molecule has 0 radical (unpaired) electrons. The molecule has 0 saturated carbocycles. The number of methoxy groups -OCH3 is 1. The lowest BCUT2D eigenvalue weighted by atomic mass is 10.0. The molecule has 0 bridgehead atoms. The van der Waals surface area contributed by atoms with Gasteiger partial charge >= 0.3 is 0 Å². The number of hydrogen-bond acceptors (Lipinski definition) is 5. The van der Waals surface area contributed by atoms with Crippen molar-refractivity contribution < 1.29 is 14.3 Å². The standard InChI is InChI=1S/C24H24N2O3S/c1-28-19-8-6-18(7-9-19)26-12-10-17(11-13-26)25-24(27)22-14-16-15-29-21-5-3-2-4-20(21)23(16)30-22/h2-9,14,17H,10-13,15H2,1H3,(H,25,27). The zero-order valence-corrected chi connectivity index (χ0v) is 17.7. The lowest BCUT2D eigenvalue weighted by Crippen LogP contribution is -2.44. The number of benzene rings is 2. The number of hydrogen-bond donors (Lipinski definition) is 1. The number of amides is 1. The van der Waals surface area contributed by atoms with Gasteiger partial charge in [0.2, 0.25) is 0 Å². The van der Waals surface area contributed by atoms with E-state index in [0.29, 0.717) is 6.61 Å². The minimum Gasteiger partial charge on any atom is -0.497 e. The molecule has 154 valence electrons. The van der Waals surface area contributed by atoms with Gasteiger partial charge in [-0.15, -0.1) is 11.3 Å². The summed E-state index contributed by atoms with van der Waals surface area (Å²) in [5.74, 6) is 1.78. The summed E-state index contributed by atoms with van der Waals surface area (Å²) >= 11 is 1.56. The molecule has 1 saturated heterocycles. The van der Waals surface area contributed by atoms with E-state index in [1.54, 1.807) is 18.4 Å². The van der Waals surface area contributed by atoms with Crippen molar-refractivity contribution in [2.75, 3.05) is 25.1 Å². The third-order valence-corrected chi connectivity index (χ3v) is 7.02. The van der Waals surface area contributed by atoms with E-state index in [1.807, 2.05) is 36.4 Å². The number of anilines is 1. The van der Waals surface area contributed by atoms with E-state index in [2.05, 4.69) is 28.4 Å². The fraction of sp³-hybridized carbons (Fsp3) is 0.292. The summed E-state index contributed by atoms with van der Waals surface area (Å²) in [5, 5.41) is 3.24. The van der Waals surface area contributed by atoms with Gasteiger partial charge in [0.1, 0.15) is 18.1 Å².